The highest BCUT2D eigenvalue weighted by atomic mass is 127. The van der Waals surface area contributed by atoms with Gasteiger partial charge in [0.05, 0.1) is 24.3 Å². The number of ether oxygens (including phenoxy) is 1. The molecule has 0 fully saturated rings. The van der Waals surface area contributed by atoms with E-state index in [9.17, 15) is 9.65 Å². The van der Waals surface area contributed by atoms with Crippen LogP contribution in [0.3, 0.4) is 0 Å². The predicted octanol–water partition coefficient (Wildman–Crippen LogP) is 5.74. The summed E-state index contributed by atoms with van der Waals surface area (Å²) in [5.41, 5.74) is 4.70. The Bertz CT molecular complexity index is 1200. The van der Waals surface area contributed by atoms with Crippen LogP contribution in [0.5, 0.6) is 0 Å². The molecule has 0 amide bonds. The van der Waals surface area contributed by atoms with E-state index in [1.807, 2.05) is 30.3 Å². The van der Waals surface area contributed by atoms with Crippen molar-refractivity contribution in [3.63, 3.8) is 0 Å². The van der Waals surface area contributed by atoms with Gasteiger partial charge in [-0.3, -0.25) is 0 Å². The fourth-order valence-electron chi connectivity index (χ4n) is 5.48. The van der Waals surface area contributed by atoms with Gasteiger partial charge in [-0.05, 0) is 93.2 Å². The maximum absolute atomic E-state index is 13.7. The van der Waals surface area contributed by atoms with Crippen molar-refractivity contribution in [1.29, 1.82) is 5.26 Å². The van der Waals surface area contributed by atoms with Crippen molar-refractivity contribution < 1.29 is 9.13 Å². The lowest BCUT2D eigenvalue weighted by molar-refractivity contribution is -0.0145. The van der Waals surface area contributed by atoms with Gasteiger partial charge in [-0.15, -0.1) is 0 Å². The average molecular weight is 583 g/mol. The van der Waals surface area contributed by atoms with Crippen LogP contribution in [0.1, 0.15) is 48.4 Å². The Morgan fingerprint density at radius 1 is 1.23 bits per heavy atom. The molecule has 3 aliphatic rings. The third-order valence-electron chi connectivity index (χ3n) is 7.46. The molecule has 6 heteroatoms. The minimum Gasteiger partial charge on any atom is -0.384 e. The van der Waals surface area contributed by atoms with Crippen LogP contribution >= 0.6 is 20.7 Å². The molecule has 0 spiro atoms. The molecule has 2 aromatic rings. The summed E-state index contributed by atoms with van der Waals surface area (Å²) >= 11 is 0.0966. The number of hydrogen-bond acceptors (Lipinski definition) is 4. The molecule has 0 bridgehead atoms. The second-order valence-corrected chi connectivity index (χ2v) is 11.6. The quantitative estimate of drug-likeness (QED) is 0.383. The van der Waals surface area contributed by atoms with Crippen LogP contribution in [0.4, 0.5) is 4.39 Å². The van der Waals surface area contributed by atoms with E-state index in [0.717, 1.165) is 55.6 Å². The number of halogens is 2. The number of nitrogens with zero attached hydrogens (tertiary/aromatic N) is 2. The summed E-state index contributed by atoms with van der Waals surface area (Å²) in [6, 6.07) is 15.2. The van der Waals surface area contributed by atoms with Crippen molar-refractivity contribution in [2.75, 3.05) is 19.6 Å². The first-order chi connectivity index (χ1) is 17.1. The smallest absolute Gasteiger partial charge is 0.123 e. The molecule has 0 saturated heterocycles. The van der Waals surface area contributed by atoms with Gasteiger partial charge in [0.15, 0.2) is 0 Å². The lowest BCUT2D eigenvalue weighted by Crippen LogP contribution is -2.31. The van der Waals surface area contributed by atoms with Crippen molar-refractivity contribution in [3.8, 4) is 6.07 Å². The van der Waals surface area contributed by atoms with Crippen LogP contribution in [-0.2, 0) is 16.9 Å². The van der Waals surface area contributed by atoms with Crippen molar-refractivity contribution >= 4 is 24.7 Å². The normalized spacial score (nSPS) is 24.3. The monoisotopic (exact) mass is 583 g/mol. The summed E-state index contributed by atoms with van der Waals surface area (Å²) in [7, 11) is 0. The molecule has 3 aliphatic heterocycles. The highest BCUT2D eigenvalue weighted by molar-refractivity contribution is 14.2. The van der Waals surface area contributed by atoms with Crippen molar-refractivity contribution in [1.82, 2.24) is 10.2 Å². The van der Waals surface area contributed by atoms with Gasteiger partial charge in [0, 0.05) is 12.5 Å². The van der Waals surface area contributed by atoms with Gasteiger partial charge in [0.25, 0.3) is 0 Å². The third kappa shape index (κ3) is 5.00. The van der Waals surface area contributed by atoms with E-state index in [1.165, 1.54) is 17.7 Å². The number of benzene rings is 2. The fraction of sp³-hybridized carbons (Fsp3) is 0.379. The zero-order valence-corrected chi connectivity index (χ0v) is 22.2. The minimum absolute atomic E-state index is 0.0966. The topological polar surface area (TPSA) is 48.3 Å². The van der Waals surface area contributed by atoms with Crippen molar-refractivity contribution in [2.45, 2.75) is 44.4 Å². The van der Waals surface area contributed by atoms with E-state index in [1.54, 1.807) is 0 Å². The van der Waals surface area contributed by atoms with Gasteiger partial charge in [0.1, 0.15) is 11.4 Å². The van der Waals surface area contributed by atoms with Gasteiger partial charge >= 0.3 is 0 Å². The van der Waals surface area contributed by atoms with Crippen LogP contribution in [0.2, 0.25) is 0 Å². The summed E-state index contributed by atoms with van der Waals surface area (Å²) < 4.78 is 25.1. The Balaban J connectivity index is 1.27. The Morgan fingerprint density at radius 2 is 2.09 bits per heavy atom. The molecule has 0 radical (unpaired) electrons. The molecule has 0 aliphatic carbocycles. The van der Waals surface area contributed by atoms with Gasteiger partial charge < -0.3 is 15.0 Å². The molecule has 2 aromatic carbocycles. The maximum atomic E-state index is 13.7. The number of rotatable bonds is 9. The van der Waals surface area contributed by atoms with Crippen LogP contribution in [0.25, 0.3) is 0 Å². The van der Waals surface area contributed by atoms with Crippen LogP contribution in [0, 0.1) is 23.1 Å². The molecule has 5 rings (SSSR count). The van der Waals surface area contributed by atoms with Gasteiger partial charge in [0.2, 0.25) is 0 Å². The summed E-state index contributed by atoms with van der Waals surface area (Å²) in [4.78, 5) is 2.52. The zero-order valence-electron chi connectivity index (χ0n) is 20.0. The number of hydrogen-bond donors (Lipinski definition) is 1. The van der Waals surface area contributed by atoms with Gasteiger partial charge in [-0.1, -0.05) is 51.9 Å². The molecule has 35 heavy (non-hydrogen) atoms. The highest BCUT2D eigenvalue weighted by Crippen LogP contribution is 2.45. The van der Waals surface area contributed by atoms with E-state index in [-0.39, 0.29) is 26.5 Å². The molecule has 4 nitrogen and oxygen atoms in total. The Hall–Kier alpha value is -2.34. The SMILES string of the molecule is CCN(CCCC1(c2ccc(F)cc2)OCc2cc(C#N)ccc21)CCC1=CNC2C=CI=CC12. The molecule has 1 N–H and O–H groups in total. The molecule has 3 atom stereocenters. The first kappa shape index (κ1) is 24.4. The van der Waals surface area contributed by atoms with E-state index in [2.05, 4.69) is 43.6 Å². The molecule has 3 unspecified atom stereocenters. The molecule has 0 saturated carbocycles. The molecular formula is C29H31FIN3O. The number of nitrogens with one attached hydrogen (secondary N) is 1. The number of nitriles is 1. The fourth-order valence-corrected chi connectivity index (χ4v) is 7.76. The van der Waals surface area contributed by atoms with Crippen molar-refractivity contribution in [2.24, 2.45) is 5.92 Å². The van der Waals surface area contributed by atoms with Crippen LogP contribution in [-0.4, -0.2) is 34.6 Å². The van der Waals surface area contributed by atoms with E-state index < -0.39 is 5.60 Å². The Morgan fingerprint density at radius 3 is 2.89 bits per heavy atom. The molecule has 0 aromatic heterocycles. The predicted molar refractivity (Wildman–Crippen MR) is 147 cm³/mol. The minimum atomic E-state index is -0.603. The second-order valence-electron chi connectivity index (χ2n) is 9.40. The third-order valence-corrected chi connectivity index (χ3v) is 9.48. The number of fused-ring (bicyclic) bond motifs is 2. The van der Waals surface area contributed by atoms with Crippen LogP contribution < -0.4 is 5.32 Å². The van der Waals surface area contributed by atoms with E-state index in [0.29, 0.717) is 24.1 Å². The Labute approximate surface area is 217 Å². The lowest BCUT2D eigenvalue weighted by atomic mass is 9.81. The zero-order chi connectivity index (χ0) is 24.3. The molecule has 182 valence electrons. The van der Waals surface area contributed by atoms with E-state index in [4.69, 9.17) is 4.74 Å². The van der Waals surface area contributed by atoms with Gasteiger partial charge in [-0.2, -0.15) is 5.26 Å². The largest absolute Gasteiger partial charge is 0.384 e. The average Bonchev–Trinajstić information content (AvgIpc) is 3.48. The summed E-state index contributed by atoms with van der Waals surface area (Å²) in [5, 5.41) is 12.9. The summed E-state index contributed by atoms with van der Waals surface area (Å²) in [6.07, 6.45) is 7.45. The summed E-state index contributed by atoms with van der Waals surface area (Å²) in [5.74, 6) is 0.333. The first-order valence-electron chi connectivity index (χ1n) is 12.4. The van der Waals surface area contributed by atoms with Crippen molar-refractivity contribution in [3.05, 3.63) is 92.5 Å². The maximum Gasteiger partial charge on any atom is 0.123 e. The second kappa shape index (κ2) is 10.7. The van der Waals surface area contributed by atoms with Crippen LogP contribution in [0.15, 0.2) is 64.4 Å². The van der Waals surface area contributed by atoms with Gasteiger partial charge in [-0.25, -0.2) is 4.39 Å². The molecular weight excluding hydrogens is 552 g/mol. The highest BCUT2D eigenvalue weighted by Gasteiger charge is 2.41. The standard InChI is InChI=1S/C29H31FIN3O/c1-2-34(15-11-22-19-33-28-10-13-31-17-26(22)28)14-3-12-29(24-5-7-25(30)8-6-24)27-9-4-21(18-32)16-23(27)20-35-29/h4-10,13,16-17,19,26,28,33H,2-3,11-12,14-15,20H2,1H3. The lowest BCUT2D eigenvalue weighted by Gasteiger charge is -2.32. The van der Waals surface area contributed by atoms with E-state index >= 15 is 0 Å². The first-order valence-corrected chi connectivity index (χ1v) is 14.8. The summed E-state index contributed by atoms with van der Waals surface area (Å²) in [6.45, 7) is 5.75. The molecule has 3 heterocycles. The Kier molecular flexibility index (Phi) is 7.47.